The molecule has 0 bridgehead atoms. The van der Waals surface area contributed by atoms with E-state index in [0.717, 1.165) is 28.1 Å². The van der Waals surface area contributed by atoms with Gasteiger partial charge in [0.25, 0.3) is 0 Å². The Morgan fingerprint density at radius 3 is 2.13 bits per heavy atom. The first kappa shape index (κ1) is 18.6. The zero-order valence-corrected chi connectivity index (χ0v) is 14.7. The van der Waals surface area contributed by atoms with Crippen LogP contribution in [-0.2, 0) is 0 Å². The van der Waals surface area contributed by atoms with Gasteiger partial charge in [0.15, 0.2) is 5.78 Å². The maximum absolute atomic E-state index is 11.6. The maximum Gasteiger partial charge on any atom is 0.159 e. The van der Waals surface area contributed by atoms with Crippen LogP contribution in [0.3, 0.4) is 0 Å². The van der Waals surface area contributed by atoms with Crippen molar-refractivity contribution in [1.82, 2.24) is 0 Å². The van der Waals surface area contributed by atoms with Crippen molar-refractivity contribution in [1.29, 1.82) is 0 Å². The van der Waals surface area contributed by atoms with Gasteiger partial charge in [-0.25, -0.2) is 0 Å². The van der Waals surface area contributed by atoms with Gasteiger partial charge in [-0.1, -0.05) is 62.9 Å². The minimum Gasteiger partial charge on any atom is -0.295 e. The second-order valence-electron chi connectivity index (χ2n) is 5.15. The molecule has 23 heavy (non-hydrogen) atoms. The summed E-state index contributed by atoms with van der Waals surface area (Å²) in [6.45, 7) is 13.4. The average molecular weight is 307 g/mol. The van der Waals surface area contributed by atoms with Crippen LogP contribution in [0.2, 0.25) is 0 Å². The van der Waals surface area contributed by atoms with Crippen LogP contribution in [0.25, 0.3) is 0 Å². The fourth-order valence-electron chi connectivity index (χ4n) is 2.20. The zero-order chi connectivity index (χ0) is 17.4. The molecule has 0 atom stereocenters. The van der Waals surface area contributed by atoms with Gasteiger partial charge in [0.2, 0.25) is 0 Å². The second-order valence-corrected chi connectivity index (χ2v) is 5.15. The van der Waals surface area contributed by atoms with Crippen molar-refractivity contribution in [2.75, 3.05) is 0 Å². The molecule has 2 heteroatoms. The number of carbonyl (C=O) groups excluding carboxylic acids is 1. The number of hydrogen-bond acceptors (Lipinski definition) is 2. The summed E-state index contributed by atoms with van der Waals surface area (Å²) in [5.41, 5.74) is 5.41. The summed E-state index contributed by atoms with van der Waals surface area (Å²) in [5, 5.41) is 0. The maximum atomic E-state index is 11.6. The number of nitrogens with zero attached hydrogens (tertiary/aromatic N) is 1. The Hall–Kier alpha value is -2.48. The van der Waals surface area contributed by atoms with E-state index >= 15 is 0 Å². The van der Waals surface area contributed by atoms with Gasteiger partial charge in [0.05, 0.1) is 5.71 Å². The van der Waals surface area contributed by atoms with E-state index in [9.17, 15) is 4.79 Å². The van der Waals surface area contributed by atoms with Crippen molar-refractivity contribution in [2.45, 2.75) is 34.6 Å². The van der Waals surface area contributed by atoms with E-state index < -0.39 is 0 Å². The van der Waals surface area contributed by atoms with Crippen LogP contribution >= 0.6 is 0 Å². The van der Waals surface area contributed by atoms with Crippen LogP contribution in [0.1, 0.15) is 54.7 Å². The highest BCUT2D eigenvalue weighted by Crippen LogP contribution is 2.18. The lowest BCUT2D eigenvalue weighted by Crippen LogP contribution is -2.07. The average Bonchev–Trinajstić information content (AvgIpc) is 2.55. The van der Waals surface area contributed by atoms with E-state index in [0.29, 0.717) is 5.56 Å². The molecule has 0 spiro atoms. The molecule has 0 amide bonds. The molecule has 0 unspecified atom stereocenters. The minimum atomic E-state index is 0.0521. The predicted molar refractivity (Wildman–Crippen MR) is 99.4 cm³/mol. The number of allylic oxidation sites excluding steroid dienone is 1. The number of ketones is 1. The Morgan fingerprint density at radius 2 is 1.57 bits per heavy atom. The lowest BCUT2D eigenvalue weighted by molar-refractivity contribution is 0.101. The first-order valence-corrected chi connectivity index (χ1v) is 7.90. The summed E-state index contributed by atoms with van der Waals surface area (Å²) in [7, 11) is 0. The topological polar surface area (TPSA) is 29.4 Å². The smallest absolute Gasteiger partial charge is 0.159 e. The molecule has 0 aliphatic heterocycles. The molecule has 0 aliphatic carbocycles. The fourth-order valence-corrected chi connectivity index (χ4v) is 2.20. The highest BCUT2D eigenvalue weighted by atomic mass is 16.1. The minimum absolute atomic E-state index is 0.0521. The number of rotatable bonds is 4. The molecule has 2 aromatic rings. The lowest BCUT2D eigenvalue weighted by atomic mass is 9.96. The number of Topliss-reactive ketones (excluding diaryl/α,β-unsaturated/α-hetero) is 1. The van der Waals surface area contributed by atoms with Gasteiger partial charge >= 0.3 is 0 Å². The Bertz CT molecular complexity index is 726. The highest BCUT2D eigenvalue weighted by molar-refractivity contribution is 6.15. The quantitative estimate of drug-likeness (QED) is 0.534. The number of benzene rings is 2. The Kier molecular flexibility index (Phi) is 7.14. The van der Waals surface area contributed by atoms with Crippen molar-refractivity contribution in [3.63, 3.8) is 0 Å². The van der Waals surface area contributed by atoms with Crippen LogP contribution in [-0.4, -0.2) is 11.5 Å². The summed E-state index contributed by atoms with van der Waals surface area (Å²) in [6.07, 6.45) is 0. The molecular weight excluding hydrogens is 282 g/mol. The molecule has 0 radical (unpaired) electrons. The molecule has 0 N–H and O–H groups in total. The molecule has 0 fully saturated rings. The third-order valence-corrected chi connectivity index (χ3v) is 3.25. The monoisotopic (exact) mass is 307 g/mol. The second kappa shape index (κ2) is 8.84. The van der Waals surface area contributed by atoms with Gasteiger partial charge in [-0.2, -0.15) is 0 Å². The number of hydrogen-bond donors (Lipinski definition) is 0. The molecule has 120 valence electrons. The van der Waals surface area contributed by atoms with E-state index in [-0.39, 0.29) is 5.78 Å². The van der Waals surface area contributed by atoms with Gasteiger partial charge in [-0.3, -0.25) is 9.79 Å². The van der Waals surface area contributed by atoms with Gasteiger partial charge in [0.1, 0.15) is 0 Å². The normalized spacial score (nSPS) is 10.6. The van der Waals surface area contributed by atoms with E-state index in [1.807, 2.05) is 63.2 Å². The molecule has 0 aromatic heterocycles. The van der Waals surface area contributed by atoms with Crippen LogP contribution in [0, 0.1) is 6.92 Å². The third kappa shape index (κ3) is 5.03. The largest absolute Gasteiger partial charge is 0.295 e. The van der Waals surface area contributed by atoms with Gasteiger partial charge in [0, 0.05) is 22.4 Å². The van der Waals surface area contributed by atoms with Gasteiger partial charge in [-0.05, 0) is 32.4 Å². The molecule has 0 aliphatic rings. The Morgan fingerprint density at radius 1 is 0.957 bits per heavy atom. The van der Waals surface area contributed by atoms with Crippen LogP contribution in [0.5, 0.6) is 0 Å². The van der Waals surface area contributed by atoms with Crippen molar-refractivity contribution >= 4 is 11.5 Å². The van der Waals surface area contributed by atoms with E-state index in [1.54, 1.807) is 6.92 Å². The van der Waals surface area contributed by atoms with E-state index in [2.05, 4.69) is 24.6 Å². The van der Waals surface area contributed by atoms with Gasteiger partial charge < -0.3 is 0 Å². The highest BCUT2D eigenvalue weighted by Gasteiger charge is 2.11. The molecule has 2 nitrogen and oxygen atoms in total. The third-order valence-electron chi connectivity index (χ3n) is 3.25. The van der Waals surface area contributed by atoms with Crippen molar-refractivity contribution < 1.29 is 4.79 Å². The number of aryl methyl sites for hydroxylation is 1. The first-order chi connectivity index (χ1) is 11.0. The molecule has 2 rings (SSSR count). The predicted octanol–water partition coefficient (Wildman–Crippen LogP) is 5.59. The van der Waals surface area contributed by atoms with Crippen LogP contribution < -0.4 is 0 Å². The molecule has 0 heterocycles. The summed E-state index contributed by atoms with van der Waals surface area (Å²) >= 11 is 0. The van der Waals surface area contributed by atoms with Gasteiger partial charge in [-0.15, -0.1) is 0 Å². The molecular formula is C21H25NO. The summed E-state index contributed by atoms with van der Waals surface area (Å²) < 4.78 is 0. The first-order valence-electron chi connectivity index (χ1n) is 7.90. The van der Waals surface area contributed by atoms with E-state index in [1.165, 1.54) is 0 Å². The van der Waals surface area contributed by atoms with E-state index in [4.69, 9.17) is 0 Å². The Balaban J connectivity index is 0.00000127. The van der Waals surface area contributed by atoms with Crippen molar-refractivity contribution in [2.24, 2.45) is 4.99 Å². The molecule has 0 saturated heterocycles. The summed E-state index contributed by atoms with van der Waals surface area (Å²) in [4.78, 5) is 16.2. The zero-order valence-electron chi connectivity index (χ0n) is 14.7. The number of carbonyl (C=O) groups is 1. The SMILES string of the molecule is C=C(C)N=C(c1cccc(C(C)=O)c1)c1ccccc1C.CC. The summed E-state index contributed by atoms with van der Waals surface area (Å²) in [6, 6.07) is 15.7. The molecule has 2 aromatic carbocycles. The summed E-state index contributed by atoms with van der Waals surface area (Å²) in [5.74, 6) is 0.0521. The van der Waals surface area contributed by atoms with Crippen molar-refractivity contribution in [3.05, 3.63) is 83.1 Å². The fraction of sp³-hybridized carbons (Fsp3) is 0.238. The lowest BCUT2D eigenvalue weighted by Gasteiger charge is -2.11. The van der Waals surface area contributed by atoms with Crippen molar-refractivity contribution in [3.8, 4) is 0 Å². The molecule has 0 saturated carbocycles. The van der Waals surface area contributed by atoms with Crippen LogP contribution in [0.4, 0.5) is 0 Å². The standard InChI is InChI=1S/C19H19NO.C2H6/c1-13(2)20-19(18-11-6-5-8-14(18)3)17-10-7-9-16(12-17)15(4)21;1-2/h5-12H,1H2,2-4H3;1-2H3. The number of aliphatic imine (C=N–C) groups is 1. The van der Waals surface area contributed by atoms with Crippen LogP contribution in [0.15, 0.2) is 65.8 Å². The Labute approximate surface area is 139 Å².